The Morgan fingerprint density at radius 2 is 1.23 bits per heavy atom. The van der Waals surface area contributed by atoms with Crippen LogP contribution in [0.25, 0.3) is 5.57 Å². The molecule has 0 aliphatic heterocycles. The van der Waals surface area contributed by atoms with Crippen LogP contribution in [-0.2, 0) is 21.8 Å². The lowest BCUT2D eigenvalue weighted by atomic mass is 9.82. The van der Waals surface area contributed by atoms with Gasteiger partial charge < -0.3 is 9.47 Å². The van der Waals surface area contributed by atoms with Gasteiger partial charge in [-0.2, -0.15) is 26.3 Å². The molecule has 1 unspecified atom stereocenters. The second-order valence-corrected chi connectivity index (χ2v) is 8.00. The zero-order valence-corrected chi connectivity index (χ0v) is 19.5. The van der Waals surface area contributed by atoms with Gasteiger partial charge in [0.1, 0.15) is 0 Å². The number of ether oxygens (including phenoxy) is 2. The van der Waals surface area contributed by atoms with Crippen LogP contribution in [-0.4, -0.2) is 33.2 Å². The number of Topliss-reactive ketones (excluding diaryl/α,β-unsaturated/α-hetero) is 1. The first kappa shape index (κ1) is 28.6. The summed E-state index contributed by atoms with van der Waals surface area (Å²) in [6, 6.07) is 8.48. The molecule has 9 heteroatoms. The maximum atomic E-state index is 13.5. The fraction of sp³-hybridized carbons (Fsp3) is 0.423. The van der Waals surface area contributed by atoms with E-state index in [1.54, 1.807) is 13.2 Å². The Morgan fingerprint density at radius 1 is 0.771 bits per heavy atom. The average molecular weight is 502 g/mol. The number of carbonyl (C=O) groups is 1. The lowest BCUT2D eigenvalue weighted by molar-refractivity contribution is -0.138. The van der Waals surface area contributed by atoms with Gasteiger partial charge >= 0.3 is 12.4 Å². The van der Waals surface area contributed by atoms with Crippen molar-refractivity contribution in [2.45, 2.75) is 38.0 Å². The van der Waals surface area contributed by atoms with Gasteiger partial charge in [-0.15, -0.1) is 0 Å². The molecule has 0 bridgehead atoms. The lowest BCUT2D eigenvalue weighted by Gasteiger charge is -2.21. The Hall–Kier alpha value is -2.65. The maximum Gasteiger partial charge on any atom is 0.416 e. The molecule has 0 aromatic heterocycles. The summed E-state index contributed by atoms with van der Waals surface area (Å²) in [4.78, 5) is 13.5. The van der Waals surface area contributed by atoms with Crippen LogP contribution in [0.4, 0.5) is 26.3 Å². The van der Waals surface area contributed by atoms with Crippen LogP contribution < -0.4 is 0 Å². The topological polar surface area (TPSA) is 35.5 Å². The number of unbranched alkanes of at least 4 members (excludes halogenated alkanes) is 1. The second kappa shape index (κ2) is 12.9. The quantitative estimate of drug-likeness (QED) is 0.172. The Balaban J connectivity index is 2.47. The average Bonchev–Trinajstić information content (AvgIpc) is 2.81. The number of methoxy groups -OCH3 is 2. The molecule has 35 heavy (non-hydrogen) atoms. The Kier molecular flexibility index (Phi) is 10.5. The van der Waals surface area contributed by atoms with E-state index in [1.165, 1.54) is 19.2 Å². The number of hydrogen-bond acceptors (Lipinski definition) is 3. The molecule has 0 fully saturated rings. The van der Waals surface area contributed by atoms with Gasteiger partial charge in [0.25, 0.3) is 0 Å². The van der Waals surface area contributed by atoms with Gasteiger partial charge in [0.2, 0.25) is 0 Å². The van der Waals surface area contributed by atoms with Crippen LogP contribution in [0.5, 0.6) is 0 Å². The largest absolute Gasteiger partial charge is 0.416 e. The molecule has 0 N–H and O–H groups in total. The van der Waals surface area contributed by atoms with Crippen molar-refractivity contribution in [2.75, 3.05) is 27.4 Å². The molecule has 0 saturated heterocycles. The van der Waals surface area contributed by atoms with Crippen LogP contribution in [0.1, 0.15) is 52.7 Å². The van der Waals surface area contributed by atoms with E-state index in [1.807, 2.05) is 0 Å². The van der Waals surface area contributed by atoms with Gasteiger partial charge in [0, 0.05) is 38.9 Å². The molecule has 0 spiro atoms. The molecule has 1 atom stereocenters. The minimum absolute atomic E-state index is 0.0927. The SMILES string of the molecule is COCCC/C=C(/c1ccc(C(F)(F)F)cc1)C(CCCOC)C(=O)c1ccc(C(F)(F)F)cc1. The highest BCUT2D eigenvalue weighted by molar-refractivity contribution is 6.04. The first-order chi connectivity index (χ1) is 16.5. The number of halogens is 6. The summed E-state index contributed by atoms with van der Waals surface area (Å²) >= 11 is 0. The maximum absolute atomic E-state index is 13.5. The summed E-state index contributed by atoms with van der Waals surface area (Å²) in [5.74, 6) is -1.19. The van der Waals surface area contributed by atoms with Crippen LogP contribution in [0, 0.1) is 5.92 Å². The lowest BCUT2D eigenvalue weighted by Crippen LogP contribution is -2.18. The fourth-order valence-corrected chi connectivity index (χ4v) is 3.68. The third-order valence-electron chi connectivity index (χ3n) is 5.49. The summed E-state index contributed by atoms with van der Waals surface area (Å²) in [7, 11) is 3.05. The number of alkyl halides is 6. The summed E-state index contributed by atoms with van der Waals surface area (Å²) in [5, 5.41) is 0. The normalized spacial score (nSPS) is 13.7. The first-order valence-corrected chi connectivity index (χ1v) is 11.1. The zero-order valence-electron chi connectivity index (χ0n) is 19.5. The van der Waals surface area contributed by atoms with Gasteiger partial charge in [-0.1, -0.05) is 30.3 Å². The molecule has 192 valence electrons. The van der Waals surface area contributed by atoms with Crippen molar-refractivity contribution in [1.82, 2.24) is 0 Å². The fourth-order valence-electron chi connectivity index (χ4n) is 3.68. The third kappa shape index (κ3) is 8.50. The number of hydrogen-bond donors (Lipinski definition) is 0. The Labute approximate surface area is 200 Å². The van der Waals surface area contributed by atoms with Crippen molar-refractivity contribution < 1.29 is 40.6 Å². The molecule has 0 saturated carbocycles. The van der Waals surface area contributed by atoms with Crippen LogP contribution in [0.2, 0.25) is 0 Å². The molecule has 3 nitrogen and oxygen atoms in total. The Bertz CT molecular complexity index is 961. The van der Waals surface area contributed by atoms with Crippen LogP contribution in [0.3, 0.4) is 0 Å². The highest BCUT2D eigenvalue weighted by Gasteiger charge is 2.32. The van der Waals surface area contributed by atoms with Gasteiger partial charge in [0.05, 0.1) is 11.1 Å². The molecule has 2 rings (SSSR count). The molecular weight excluding hydrogens is 474 g/mol. The number of allylic oxidation sites excluding steroid dienone is 2. The van der Waals surface area contributed by atoms with E-state index in [-0.39, 0.29) is 5.56 Å². The summed E-state index contributed by atoms with van der Waals surface area (Å²) in [6.07, 6.45) is -5.33. The third-order valence-corrected chi connectivity index (χ3v) is 5.49. The van der Waals surface area contributed by atoms with Gasteiger partial charge in [-0.3, -0.25) is 4.79 Å². The van der Waals surface area contributed by atoms with Crippen molar-refractivity contribution in [3.8, 4) is 0 Å². The molecule has 2 aromatic rings. The van der Waals surface area contributed by atoms with E-state index in [0.717, 1.165) is 36.4 Å². The number of carbonyl (C=O) groups excluding carboxylic acids is 1. The number of rotatable bonds is 12. The van der Waals surface area contributed by atoms with E-state index in [2.05, 4.69) is 0 Å². The van der Waals surface area contributed by atoms with Gasteiger partial charge in [-0.05, 0) is 61.1 Å². The van der Waals surface area contributed by atoms with Crippen LogP contribution >= 0.6 is 0 Å². The monoisotopic (exact) mass is 502 g/mol. The van der Waals surface area contributed by atoms with Crippen molar-refractivity contribution >= 4 is 11.4 Å². The molecule has 0 aliphatic rings. The van der Waals surface area contributed by atoms with E-state index in [9.17, 15) is 31.1 Å². The number of ketones is 1. The Morgan fingerprint density at radius 3 is 1.69 bits per heavy atom. The second-order valence-electron chi connectivity index (χ2n) is 8.00. The molecule has 0 amide bonds. The molecular formula is C26H28F6O3. The van der Waals surface area contributed by atoms with Gasteiger partial charge in [-0.25, -0.2) is 0 Å². The van der Waals surface area contributed by atoms with Crippen molar-refractivity contribution in [1.29, 1.82) is 0 Å². The molecule has 0 heterocycles. The summed E-state index contributed by atoms with van der Waals surface area (Å²) < 4.78 is 88.2. The van der Waals surface area contributed by atoms with Gasteiger partial charge in [0.15, 0.2) is 5.78 Å². The van der Waals surface area contributed by atoms with E-state index >= 15 is 0 Å². The zero-order chi connectivity index (χ0) is 26.1. The minimum Gasteiger partial charge on any atom is -0.385 e. The highest BCUT2D eigenvalue weighted by atomic mass is 19.4. The van der Waals surface area contributed by atoms with E-state index in [0.29, 0.717) is 50.0 Å². The van der Waals surface area contributed by atoms with Crippen LogP contribution in [0.15, 0.2) is 54.6 Å². The predicted octanol–water partition coefficient (Wildman–Crippen LogP) is 7.46. The van der Waals surface area contributed by atoms with Crippen molar-refractivity contribution in [3.05, 3.63) is 76.9 Å². The van der Waals surface area contributed by atoms with Crippen molar-refractivity contribution in [2.24, 2.45) is 5.92 Å². The minimum atomic E-state index is -4.54. The standard InChI is InChI=1S/C26H28F6O3/c1-34-16-4-3-6-22(18-8-12-20(13-9-18)25(27,28)29)23(7-5-17-35-2)24(33)19-10-14-21(15-11-19)26(30,31)32/h6,8-15,23H,3-5,7,16-17H2,1-2H3/b22-6-. The van der Waals surface area contributed by atoms with Crippen molar-refractivity contribution in [3.63, 3.8) is 0 Å². The predicted molar refractivity (Wildman–Crippen MR) is 121 cm³/mol. The number of benzene rings is 2. The smallest absolute Gasteiger partial charge is 0.385 e. The molecule has 0 radical (unpaired) electrons. The summed E-state index contributed by atoms with van der Waals surface area (Å²) in [5.41, 5.74) is -0.628. The highest BCUT2D eigenvalue weighted by Crippen LogP contribution is 2.35. The summed E-state index contributed by atoms with van der Waals surface area (Å²) in [6.45, 7) is 0.804. The van der Waals surface area contributed by atoms with E-state index in [4.69, 9.17) is 9.47 Å². The van der Waals surface area contributed by atoms with E-state index < -0.39 is 35.2 Å². The molecule has 0 aliphatic carbocycles. The first-order valence-electron chi connectivity index (χ1n) is 11.1. The molecule has 2 aromatic carbocycles.